The SMILES string of the molecule is CCCCCCCCCCCCCCCC(O)C(COP(=O)(O)OCC[N+](C)(C)C)NC(=O)CCCCC. The maximum Gasteiger partial charge on any atom is 0.472 e. The van der Waals surface area contributed by atoms with Gasteiger partial charge in [0.25, 0.3) is 0 Å². The molecule has 228 valence electrons. The van der Waals surface area contributed by atoms with E-state index in [-0.39, 0.29) is 19.1 Å². The highest BCUT2D eigenvalue weighted by Crippen LogP contribution is 2.43. The standard InChI is InChI=1S/C29H61N2O6P/c1-6-8-10-11-12-13-14-15-16-17-18-19-21-22-28(32)27(30-29(33)23-20-9-7-2)26-37-38(34,35)36-25-24-31(3,4)5/h27-28,32H,6-26H2,1-5H3,(H-,30,33,34,35)/p+1. The zero-order valence-electron chi connectivity index (χ0n) is 25.4. The number of carbonyl (C=O) groups is 1. The van der Waals surface area contributed by atoms with Crippen LogP contribution in [-0.2, 0) is 18.4 Å². The molecule has 0 aliphatic rings. The number of quaternary nitrogens is 1. The van der Waals surface area contributed by atoms with Gasteiger partial charge in [0.1, 0.15) is 13.2 Å². The van der Waals surface area contributed by atoms with E-state index in [4.69, 9.17) is 9.05 Å². The third kappa shape index (κ3) is 24.5. The zero-order valence-corrected chi connectivity index (χ0v) is 26.3. The summed E-state index contributed by atoms with van der Waals surface area (Å²) in [7, 11) is 1.61. The molecule has 0 aromatic rings. The van der Waals surface area contributed by atoms with Crippen molar-refractivity contribution in [1.82, 2.24) is 5.32 Å². The number of hydrogen-bond acceptors (Lipinski definition) is 5. The Morgan fingerprint density at radius 1 is 0.789 bits per heavy atom. The number of carbonyl (C=O) groups excluding carboxylic acids is 1. The van der Waals surface area contributed by atoms with Crippen LogP contribution in [0.5, 0.6) is 0 Å². The number of nitrogens with zero attached hydrogens (tertiary/aromatic N) is 1. The first-order chi connectivity index (χ1) is 18.0. The minimum Gasteiger partial charge on any atom is -0.391 e. The predicted octanol–water partition coefficient (Wildman–Crippen LogP) is 6.73. The quantitative estimate of drug-likeness (QED) is 0.0579. The Hall–Kier alpha value is -0.500. The highest BCUT2D eigenvalue weighted by atomic mass is 31.2. The number of aliphatic hydroxyl groups is 1. The number of nitrogens with one attached hydrogen (secondary N) is 1. The van der Waals surface area contributed by atoms with Crippen molar-refractivity contribution in [2.24, 2.45) is 0 Å². The average molecular weight is 566 g/mol. The van der Waals surface area contributed by atoms with Crippen molar-refractivity contribution in [3.63, 3.8) is 0 Å². The largest absolute Gasteiger partial charge is 0.472 e. The van der Waals surface area contributed by atoms with E-state index in [1.165, 1.54) is 64.2 Å². The molecule has 0 aromatic carbocycles. The summed E-state index contributed by atoms with van der Waals surface area (Å²) in [5, 5.41) is 13.6. The third-order valence-electron chi connectivity index (χ3n) is 6.86. The van der Waals surface area contributed by atoms with Gasteiger partial charge < -0.3 is 19.8 Å². The molecule has 0 aliphatic carbocycles. The van der Waals surface area contributed by atoms with Crippen LogP contribution in [0.4, 0.5) is 0 Å². The number of unbranched alkanes of at least 4 members (excludes halogenated alkanes) is 14. The molecule has 0 fully saturated rings. The first kappa shape index (κ1) is 37.5. The molecule has 8 nitrogen and oxygen atoms in total. The number of phosphoric ester groups is 1. The van der Waals surface area contributed by atoms with Gasteiger partial charge in [0.15, 0.2) is 0 Å². The molecular formula is C29H62N2O6P+. The Bertz CT molecular complexity index is 614. The van der Waals surface area contributed by atoms with Crippen LogP contribution in [-0.4, -0.2) is 73.4 Å². The average Bonchev–Trinajstić information content (AvgIpc) is 2.83. The van der Waals surface area contributed by atoms with Crippen LogP contribution in [0.1, 0.15) is 129 Å². The van der Waals surface area contributed by atoms with E-state index in [1.54, 1.807) is 0 Å². The predicted molar refractivity (Wildman–Crippen MR) is 157 cm³/mol. The van der Waals surface area contributed by atoms with Gasteiger partial charge in [-0.1, -0.05) is 110 Å². The van der Waals surface area contributed by atoms with Gasteiger partial charge in [-0.05, 0) is 12.8 Å². The van der Waals surface area contributed by atoms with Crippen molar-refractivity contribution in [2.75, 3.05) is 40.9 Å². The molecule has 3 atom stereocenters. The lowest BCUT2D eigenvalue weighted by atomic mass is 10.0. The molecular weight excluding hydrogens is 503 g/mol. The molecule has 3 unspecified atom stereocenters. The molecule has 0 aromatic heterocycles. The number of amides is 1. The molecule has 0 radical (unpaired) electrons. The minimum absolute atomic E-state index is 0.0762. The molecule has 0 heterocycles. The van der Waals surface area contributed by atoms with Crippen LogP contribution in [0.25, 0.3) is 0 Å². The van der Waals surface area contributed by atoms with E-state index in [1.807, 2.05) is 21.1 Å². The van der Waals surface area contributed by atoms with Crippen LogP contribution in [0.15, 0.2) is 0 Å². The monoisotopic (exact) mass is 565 g/mol. The van der Waals surface area contributed by atoms with Gasteiger partial charge in [-0.3, -0.25) is 13.8 Å². The fourth-order valence-corrected chi connectivity index (χ4v) is 5.01. The van der Waals surface area contributed by atoms with Crippen molar-refractivity contribution < 1.29 is 32.9 Å². The van der Waals surface area contributed by atoms with Crippen molar-refractivity contribution in [2.45, 2.75) is 142 Å². The van der Waals surface area contributed by atoms with Gasteiger partial charge in [0.05, 0.1) is 39.9 Å². The van der Waals surface area contributed by atoms with E-state index in [0.717, 1.165) is 38.5 Å². The van der Waals surface area contributed by atoms with Crippen LogP contribution >= 0.6 is 7.82 Å². The highest BCUT2D eigenvalue weighted by Gasteiger charge is 2.28. The summed E-state index contributed by atoms with van der Waals surface area (Å²) in [6.45, 7) is 4.69. The van der Waals surface area contributed by atoms with E-state index in [9.17, 15) is 19.4 Å². The Kier molecular flexibility index (Phi) is 22.9. The lowest BCUT2D eigenvalue weighted by molar-refractivity contribution is -0.870. The number of likely N-dealkylation sites (N-methyl/N-ethyl adjacent to an activating group) is 1. The Morgan fingerprint density at radius 2 is 1.26 bits per heavy atom. The number of phosphoric acid groups is 1. The molecule has 0 saturated carbocycles. The summed E-state index contributed by atoms with van der Waals surface area (Å²) in [4.78, 5) is 22.4. The van der Waals surface area contributed by atoms with Gasteiger partial charge in [0, 0.05) is 6.42 Å². The van der Waals surface area contributed by atoms with Crippen LogP contribution in [0, 0.1) is 0 Å². The van der Waals surface area contributed by atoms with Gasteiger partial charge in [0.2, 0.25) is 5.91 Å². The second kappa shape index (κ2) is 23.2. The Labute approximate surface area is 234 Å². The normalized spacial score (nSPS) is 15.2. The Morgan fingerprint density at radius 3 is 1.76 bits per heavy atom. The summed E-state index contributed by atoms with van der Waals surface area (Å²) in [5.41, 5.74) is 0. The molecule has 0 bridgehead atoms. The van der Waals surface area contributed by atoms with Crippen molar-refractivity contribution in [3.05, 3.63) is 0 Å². The van der Waals surface area contributed by atoms with Gasteiger partial charge >= 0.3 is 7.82 Å². The first-order valence-electron chi connectivity index (χ1n) is 15.4. The van der Waals surface area contributed by atoms with E-state index in [0.29, 0.717) is 23.9 Å². The molecule has 0 spiro atoms. The molecule has 0 aliphatic heterocycles. The van der Waals surface area contributed by atoms with Crippen molar-refractivity contribution >= 4 is 13.7 Å². The molecule has 38 heavy (non-hydrogen) atoms. The molecule has 1 amide bonds. The maximum atomic E-state index is 12.4. The summed E-state index contributed by atoms with van der Waals surface area (Å²) >= 11 is 0. The van der Waals surface area contributed by atoms with Crippen molar-refractivity contribution in [3.8, 4) is 0 Å². The highest BCUT2D eigenvalue weighted by molar-refractivity contribution is 7.47. The third-order valence-corrected chi connectivity index (χ3v) is 7.84. The van der Waals surface area contributed by atoms with Gasteiger partial charge in [-0.15, -0.1) is 0 Å². The second-order valence-electron chi connectivity index (χ2n) is 11.8. The summed E-state index contributed by atoms with van der Waals surface area (Å²) < 4.78 is 23.2. The Balaban J connectivity index is 4.36. The van der Waals surface area contributed by atoms with E-state index < -0.39 is 20.0 Å². The number of hydrogen-bond donors (Lipinski definition) is 3. The van der Waals surface area contributed by atoms with Crippen LogP contribution in [0.2, 0.25) is 0 Å². The fourth-order valence-electron chi connectivity index (χ4n) is 4.28. The van der Waals surface area contributed by atoms with Crippen LogP contribution in [0.3, 0.4) is 0 Å². The van der Waals surface area contributed by atoms with Gasteiger partial charge in [-0.2, -0.15) is 0 Å². The second-order valence-corrected chi connectivity index (χ2v) is 13.3. The minimum atomic E-state index is -4.27. The number of aliphatic hydroxyl groups excluding tert-OH is 1. The summed E-state index contributed by atoms with van der Waals surface area (Å²) in [6, 6.07) is -0.746. The van der Waals surface area contributed by atoms with E-state index in [2.05, 4.69) is 19.2 Å². The van der Waals surface area contributed by atoms with E-state index >= 15 is 0 Å². The zero-order chi connectivity index (χ0) is 28.7. The summed E-state index contributed by atoms with van der Waals surface area (Å²) in [6.07, 6.45) is 19.0. The topological polar surface area (TPSA) is 105 Å². The maximum absolute atomic E-state index is 12.4. The van der Waals surface area contributed by atoms with Gasteiger partial charge in [-0.25, -0.2) is 4.57 Å². The molecule has 9 heteroatoms. The van der Waals surface area contributed by atoms with Crippen molar-refractivity contribution in [1.29, 1.82) is 0 Å². The molecule has 3 N–H and O–H groups in total. The lowest BCUT2D eigenvalue weighted by Crippen LogP contribution is -2.46. The van der Waals surface area contributed by atoms with Crippen LogP contribution < -0.4 is 5.32 Å². The number of rotatable bonds is 27. The molecule has 0 saturated heterocycles. The smallest absolute Gasteiger partial charge is 0.391 e. The molecule has 0 rings (SSSR count). The lowest BCUT2D eigenvalue weighted by Gasteiger charge is -2.26. The fraction of sp³-hybridized carbons (Fsp3) is 0.966. The summed E-state index contributed by atoms with van der Waals surface area (Å²) in [5.74, 6) is -0.171. The first-order valence-corrected chi connectivity index (χ1v) is 16.9.